The highest BCUT2D eigenvalue weighted by molar-refractivity contribution is 6.35. The Hall–Kier alpha value is -2.52. The molecule has 200 valence electrons. The molecule has 0 saturated heterocycles. The molecule has 0 spiro atoms. The van der Waals surface area contributed by atoms with Crippen LogP contribution in [0.3, 0.4) is 0 Å². The Morgan fingerprint density at radius 3 is 2.27 bits per heavy atom. The minimum absolute atomic E-state index is 0.138. The van der Waals surface area contributed by atoms with Crippen molar-refractivity contribution in [3.63, 3.8) is 0 Å². The van der Waals surface area contributed by atoms with Crippen LogP contribution < -0.4 is 11.1 Å². The van der Waals surface area contributed by atoms with Crippen molar-refractivity contribution in [3.8, 4) is 0 Å². The molecule has 0 saturated carbocycles. The number of nitrogens with one attached hydrogen (secondary N) is 1. The zero-order valence-electron chi connectivity index (χ0n) is 20.2. The maximum atomic E-state index is 13.2. The fourth-order valence-electron chi connectivity index (χ4n) is 3.44. The number of amides is 4. The van der Waals surface area contributed by atoms with Crippen molar-refractivity contribution in [1.82, 2.24) is 15.1 Å². The first-order valence-electron chi connectivity index (χ1n) is 11.4. The van der Waals surface area contributed by atoms with Crippen LogP contribution in [-0.2, 0) is 25.6 Å². The van der Waals surface area contributed by atoms with Gasteiger partial charge in [-0.15, -0.1) is 0 Å². The van der Waals surface area contributed by atoms with Gasteiger partial charge in [-0.25, -0.2) is 0 Å². The summed E-state index contributed by atoms with van der Waals surface area (Å²) < 4.78 is 0. The molecule has 0 aliphatic heterocycles. The molecule has 0 fully saturated rings. The summed E-state index contributed by atoms with van der Waals surface area (Å²) in [4.78, 5) is 51.7. The van der Waals surface area contributed by atoms with Gasteiger partial charge in [0.05, 0.1) is 19.6 Å². The number of nitrogens with zero attached hydrogens (tertiary/aromatic N) is 2. The van der Waals surface area contributed by atoms with E-state index < -0.39 is 17.7 Å². The maximum absolute atomic E-state index is 13.2. The van der Waals surface area contributed by atoms with Crippen LogP contribution in [0, 0.1) is 0 Å². The molecule has 1 aliphatic carbocycles. The van der Waals surface area contributed by atoms with Gasteiger partial charge in [0.25, 0.3) is 0 Å². The molecule has 0 unspecified atom stereocenters. The van der Waals surface area contributed by atoms with Crippen LogP contribution in [0.25, 0.3) is 0 Å². The number of halogens is 4. The number of carbonyl (C=O) groups excluding carboxylic acids is 4. The van der Waals surface area contributed by atoms with Crippen LogP contribution >= 0.6 is 46.4 Å². The summed E-state index contributed by atoms with van der Waals surface area (Å²) in [5, 5.41) is 4.47. The Labute approximate surface area is 236 Å². The van der Waals surface area contributed by atoms with Crippen molar-refractivity contribution in [2.75, 3.05) is 32.7 Å². The summed E-state index contributed by atoms with van der Waals surface area (Å²) in [6.45, 7) is 0.619. The van der Waals surface area contributed by atoms with E-state index in [-0.39, 0.29) is 38.6 Å². The van der Waals surface area contributed by atoms with Crippen LogP contribution in [0.1, 0.15) is 25.3 Å². The topological polar surface area (TPSA) is 113 Å². The smallest absolute Gasteiger partial charge is 0.242 e. The van der Waals surface area contributed by atoms with Crippen molar-refractivity contribution >= 4 is 70.0 Å². The molecule has 8 nitrogen and oxygen atoms in total. The van der Waals surface area contributed by atoms with Crippen LogP contribution in [0.4, 0.5) is 0 Å². The van der Waals surface area contributed by atoms with Crippen LogP contribution in [0.15, 0.2) is 52.1 Å². The lowest BCUT2D eigenvalue weighted by atomic mass is 10.1. The second kappa shape index (κ2) is 15.0. The number of carbonyl (C=O) groups is 4. The van der Waals surface area contributed by atoms with Gasteiger partial charge in [0.2, 0.25) is 23.6 Å². The number of nitrogens with two attached hydrogens (primary N) is 1. The molecule has 0 atom stereocenters. The fourth-order valence-corrected chi connectivity index (χ4v) is 4.32. The molecule has 0 heterocycles. The highest BCUT2D eigenvalue weighted by atomic mass is 35.5. The fraction of sp³-hybridized carbons (Fsp3) is 0.360. The molecule has 37 heavy (non-hydrogen) atoms. The highest BCUT2D eigenvalue weighted by Gasteiger charge is 2.23. The van der Waals surface area contributed by atoms with E-state index >= 15 is 0 Å². The van der Waals surface area contributed by atoms with Gasteiger partial charge in [-0.2, -0.15) is 0 Å². The second-order valence-electron chi connectivity index (χ2n) is 8.30. The summed E-state index contributed by atoms with van der Waals surface area (Å²) >= 11 is 24.6. The normalized spacial score (nSPS) is 13.1. The predicted molar refractivity (Wildman–Crippen MR) is 146 cm³/mol. The van der Waals surface area contributed by atoms with Gasteiger partial charge in [-0.1, -0.05) is 64.6 Å². The summed E-state index contributed by atoms with van der Waals surface area (Å²) in [7, 11) is 0. The molecule has 3 N–H and O–H groups in total. The minimum atomic E-state index is -0.698. The Balaban J connectivity index is 2.17. The van der Waals surface area contributed by atoms with Crippen LogP contribution in [-0.4, -0.2) is 66.2 Å². The van der Waals surface area contributed by atoms with E-state index in [0.29, 0.717) is 39.4 Å². The maximum Gasteiger partial charge on any atom is 0.242 e. The first kappa shape index (κ1) is 30.7. The SMILES string of the molecule is CC(=O)NCC(=O)N(CCC1=CC=C(Cl)CC=C1Cl)CC(=O)N(CCc1ccc(Cl)cc1Cl)CC(N)=O. The monoisotopic (exact) mass is 588 g/mol. The minimum Gasteiger partial charge on any atom is -0.368 e. The quantitative estimate of drug-likeness (QED) is 0.386. The number of allylic oxidation sites excluding steroid dienone is 5. The molecule has 12 heteroatoms. The van der Waals surface area contributed by atoms with E-state index in [2.05, 4.69) is 5.32 Å². The van der Waals surface area contributed by atoms with E-state index in [0.717, 1.165) is 11.1 Å². The first-order chi connectivity index (χ1) is 17.5. The molecule has 2 rings (SSSR count). The third-order valence-corrected chi connectivity index (χ3v) is 6.70. The van der Waals surface area contributed by atoms with Crippen LogP contribution in [0.5, 0.6) is 0 Å². The summed E-state index contributed by atoms with van der Waals surface area (Å²) in [5.41, 5.74) is 6.85. The molecule has 0 bridgehead atoms. The number of rotatable bonds is 12. The predicted octanol–water partition coefficient (Wildman–Crippen LogP) is 3.78. The number of primary amides is 1. The summed E-state index contributed by atoms with van der Waals surface area (Å²) in [6, 6.07) is 5.00. The summed E-state index contributed by atoms with van der Waals surface area (Å²) in [6.07, 6.45) is 6.43. The highest BCUT2D eigenvalue weighted by Crippen LogP contribution is 2.26. The Morgan fingerprint density at radius 2 is 1.62 bits per heavy atom. The number of hydrogen-bond donors (Lipinski definition) is 2. The van der Waals surface area contributed by atoms with E-state index in [1.54, 1.807) is 36.4 Å². The lowest BCUT2D eigenvalue weighted by Crippen LogP contribution is -2.48. The Morgan fingerprint density at radius 1 is 0.946 bits per heavy atom. The third-order valence-electron chi connectivity index (χ3n) is 5.43. The zero-order valence-corrected chi connectivity index (χ0v) is 23.3. The standard InChI is InChI=1S/C25H28Cl4N4O4/c1-16(34)31-13-24(36)33(11-8-17-2-4-19(26)6-7-21(17)28)15-25(37)32(14-23(30)35)10-9-18-3-5-20(27)12-22(18)29/h2-5,7,12H,6,8-11,13-15H2,1H3,(H2,30,35)(H,31,34). The molecule has 1 aromatic carbocycles. The lowest BCUT2D eigenvalue weighted by Gasteiger charge is -2.27. The van der Waals surface area contributed by atoms with Crippen molar-refractivity contribution in [3.05, 3.63) is 67.7 Å². The first-order valence-corrected chi connectivity index (χ1v) is 12.9. The van der Waals surface area contributed by atoms with E-state index in [4.69, 9.17) is 52.1 Å². The second-order valence-corrected chi connectivity index (χ2v) is 10.0. The largest absolute Gasteiger partial charge is 0.368 e. The van der Waals surface area contributed by atoms with Gasteiger partial charge in [0.1, 0.15) is 0 Å². The molecular formula is C25H28Cl4N4O4. The molecule has 1 aliphatic rings. The average molecular weight is 590 g/mol. The number of benzene rings is 1. The molecule has 1 aromatic rings. The van der Waals surface area contributed by atoms with Gasteiger partial charge < -0.3 is 20.9 Å². The van der Waals surface area contributed by atoms with E-state index in [1.807, 2.05) is 0 Å². The zero-order chi connectivity index (χ0) is 27.5. The Kier molecular flexibility index (Phi) is 12.5. The third kappa shape index (κ3) is 10.8. The van der Waals surface area contributed by atoms with Gasteiger partial charge >= 0.3 is 0 Å². The molecule has 4 amide bonds. The average Bonchev–Trinajstić information content (AvgIpc) is 2.98. The molecule has 0 radical (unpaired) electrons. The van der Waals surface area contributed by atoms with E-state index in [9.17, 15) is 19.2 Å². The number of hydrogen-bond acceptors (Lipinski definition) is 4. The van der Waals surface area contributed by atoms with E-state index in [1.165, 1.54) is 16.7 Å². The van der Waals surface area contributed by atoms with Crippen molar-refractivity contribution in [2.24, 2.45) is 5.73 Å². The van der Waals surface area contributed by atoms with Gasteiger partial charge in [-0.05, 0) is 42.2 Å². The Bertz CT molecular complexity index is 1130. The molecular weight excluding hydrogens is 562 g/mol. The van der Waals surface area contributed by atoms with Crippen molar-refractivity contribution < 1.29 is 19.2 Å². The van der Waals surface area contributed by atoms with Gasteiger partial charge in [-0.3, -0.25) is 19.2 Å². The molecule has 0 aromatic heterocycles. The van der Waals surface area contributed by atoms with Crippen LogP contribution in [0.2, 0.25) is 10.0 Å². The lowest BCUT2D eigenvalue weighted by molar-refractivity contribution is -0.141. The van der Waals surface area contributed by atoms with Crippen molar-refractivity contribution in [1.29, 1.82) is 0 Å². The van der Waals surface area contributed by atoms with Crippen molar-refractivity contribution in [2.45, 2.75) is 26.2 Å². The summed E-state index contributed by atoms with van der Waals surface area (Å²) in [5.74, 6) is -2.03. The van der Waals surface area contributed by atoms with Gasteiger partial charge in [0.15, 0.2) is 0 Å². The van der Waals surface area contributed by atoms with Gasteiger partial charge in [0, 0.05) is 46.5 Å².